The summed E-state index contributed by atoms with van der Waals surface area (Å²) in [6.45, 7) is 3.99. The number of fused-ring (bicyclic) bond motifs is 1. The van der Waals surface area contributed by atoms with E-state index < -0.39 is 54.6 Å². The van der Waals surface area contributed by atoms with E-state index in [-0.39, 0.29) is 25.8 Å². The second-order valence-corrected chi connectivity index (χ2v) is 22.1. The van der Waals surface area contributed by atoms with Crippen LogP contribution in [0, 0.1) is 0 Å². The standard InChI is InChI=1S/C24H29Br2ClN2Si.3CHF3O3S.Sc/c1-2-3-16-30(27)28(17-19-8-12-21(25)13-9-19)23-6-4-5-7-24(23)29(30)18-20-10-14-22(26)15-11-20;3*2-1(3,4)8(5,6)7;/h2-3,8-15,23-24H,4-7,16-18H2,1H3;3*(H,5,6,7);/b3-2-;;;;/t23-,24-;;;;/m1..../s1. The molecule has 2 atom stereocenters. The number of halogens is 12. The minimum absolute atomic E-state index is 0. The van der Waals surface area contributed by atoms with Crippen molar-refractivity contribution in [3.8, 4) is 0 Å². The number of alkyl halides is 9. The fraction of sp³-hybridized carbons (Fsp3) is 0.481. The van der Waals surface area contributed by atoms with E-state index in [9.17, 15) is 39.5 Å². The smallest absolute Gasteiger partial charge is 0.291 e. The molecule has 1 saturated carbocycles. The molecule has 2 aliphatic rings. The van der Waals surface area contributed by atoms with Crippen LogP contribution in [0.2, 0.25) is 6.04 Å². The molecule has 1 aliphatic heterocycles. The van der Waals surface area contributed by atoms with Gasteiger partial charge in [-0.3, -0.25) is 22.8 Å². The molecule has 0 unspecified atom stereocenters. The van der Waals surface area contributed by atoms with E-state index in [1.54, 1.807) is 0 Å². The maximum Gasteiger partial charge on any atom is 0.522 e. The van der Waals surface area contributed by atoms with Gasteiger partial charge in [0.1, 0.15) is 0 Å². The second-order valence-electron chi connectivity index (χ2n) is 11.2. The van der Waals surface area contributed by atoms with Crippen LogP contribution >= 0.6 is 42.9 Å². The first-order valence-corrected chi connectivity index (χ1v) is 23.7. The largest absolute Gasteiger partial charge is 0.522 e. The van der Waals surface area contributed by atoms with Crippen molar-refractivity contribution in [2.75, 3.05) is 0 Å². The van der Waals surface area contributed by atoms with Crippen molar-refractivity contribution >= 4 is 81.0 Å². The summed E-state index contributed by atoms with van der Waals surface area (Å²) >= 11 is 14.9. The summed E-state index contributed by atoms with van der Waals surface area (Å²) in [6.07, 6.45) is 9.60. The fourth-order valence-corrected chi connectivity index (χ4v) is 10.8. The molecule has 2 aromatic carbocycles. The summed E-state index contributed by atoms with van der Waals surface area (Å²) in [7, 11) is -19.9. The molecule has 0 bridgehead atoms. The van der Waals surface area contributed by atoms with Gasteiger partial charge in [-0.1, -0.05) is 81.1 Å². The van der Waals surface area contributed by atoms with Gasteiger partial charge in [-0.05, 0) is 55.2 Å². The summed E-state index contributed by atoms with van der Waals surface area (Å²) in [5, 5.41) is 0. The Morgan fingerprint density at radius 3 is 1.15 bits per heavy atom. The Morgan fingerprint density at radius 1 is 0.673 bits per heavy atom. The van der Waals surface area contributed by atoms with Crippen molar-refractivity contribution in [2.45, 2.75) is 80.3 Å². The van der Waals surface area contributed by atoms with E-state index in [4.69, 9.17) is 50.0 Å². The number of rotatable bonds is 6. The summed E-state index contributed by atoms with van der Waals surface area (Å²) in [4.78, 5) is 0. The van der Waals surface area contributed by atoms with Gasteiger partial charge < -0.3 is 0 Å². The molecule has 28 heteroatoms. The molecule has 4 rings (SSSR count). The monoisotopic (exact) mass is 1060 g/mol. The molecule has 1 heterocycles. The Bertz CT molecular complexity index is 1720. The van der Waals surface area contributed by atoms with Crippen molar-refractivity contribution < 1.29 is 104 Å². The van der Waals surface area contributed by atoms with Gasteiger partial charge in [0.05, 0.1) is 0 Å². The summed E-state index contributed by atoms with van der Waals surface area (Å²) in [5.74, 6) is 0. The quantitative estimate of drug-likeness (QED) is 0.0632. The van der Waals surface area contributed by atoms with Gasteiger partial charge in [-0.25, -0.2) is 0 Å². The number of hydrogen-bond acceptors (Lipinski definition) is 8. The predicted octanol–water partition coefficient (Wildman–Crippen LogP) is 8.77. The molecule has 1 radical (unpaired) electrons. The van der Waals surface area contributed by atoms with Crippen molar-refractivity contribution in [2.24, 2.45) is 0 Å². The number of allylic oxidation sites excluding steroid dienone is 2. The Hall–Kier alpha value is -0.463. The van der Waals surface area contributed by atoms with Gasteiger partial charge >= 0.3 is 54.6 Å². The zero-order valence-corrected chi connectivity index (χ0v) is 37.1. The van der Waals surface area contributed by atoms with Gasteiger partial charge in [-0.2, -0.15) is 64.8 Å². The third kappa shape index (κ3) is 17.3. The second kappa shape index (κ2) is 21.7. The Morgan fingerprint density at radius 2 is 0.927 bits per heavy atom. The van der Waals surface area contributed by atoms with Crippen molar-refractivity contribution in [1.82, 2.24) is 9.13 Å². The Labute approximate surface area is 352 Å². The molecule has 1 aliphatic carbocycles. The van der Waals surface area contributed by atoms with Gasteiger partial charge in [-0.15, -0.1) is 11.1 Å². The normalized spacial score (nSPS) is 19.4. The molecule has 1 saturated heterocycles. The maximum absolute atomic E-state index is 10.7. The first-order chi connectivity index (χ1) is 24.3. The van der Waals surface area contributed by atoms with Crippen LogP contribution in [0.25, 0.3) is 0 Å². The summed E-state index contributed by atoms with van der Waals surface area (Å²) in [5.41, 5.74) is -13.9. The van der Waals surface area contributed by atoms with E-state index in [1.165, 1.54) is 36.8 Å². The van der Waals surface area contributed by atoms with E-state index in [0.717, 1.165) is 28.1 Å². The Balaban J connectivity index is 0.000000954. The first-order valence-electron chi connectivity index (χ1n) is 14.7. The molecule has 0 spiro atoms. The molecule has 0 amide bonds. The topological polar surface area (TPSA) is 170 Å². The number of benzene rings is 2. The molecule has 11 nitrogen and oxygen atoms in total. The van der Waals surface area contributed by atoms with Crippen LogP contribution in [0.5, 0.6) is 0 Å². The molecule has 2 fully saturated rings. The van der Waals surface area contributed by atoms with Crippen LogP contribution in [0.3, 0.4) is 0 Å². The van der Waals surface area contributed by atoms with Crippen molar-refractivity contribution in [1.29, 1.82) is 0 Å². The van der Waals surface area contributed by atoms with Crippen LogP contribution in [0.15, 0.2) is 69.6 Å². The molecule has 313 valence electrons. The zero-order valence-electron chi connectivity index (χ0n) is 27.9. The van der Waals surface area contributed by atoms with Crippen LogP contribution in [-0.4, -0.2) is 84.4 Å². The summed E-state index contributed by atoms with van der Waals surface area (Å²) < 4.78 is 180. The van der Waals surface area contributed by atoms with Crippen LogP contribution in [0.1, 0.15) is 43.7 Å². The number of hydrogen-bond donors (Lipinski definition) is 3. The first kappa shape index (κ1) is 54.5. The summed E-state index contributed by atoms with van der Waals surface area (Å²) in [6, 6.07) is 19.6. The zero-order chi connectivity index (χ0) is 42.1. The number of nitrogens with zero attached hydrogens (tertiary/aromatic N) is 2. The molecule has 0 aromatic heterocycles. The minimum atomic E-state index is -5.84. The average Bonchev–Trinajstić information content (AvgIpc) is 3.23. The minimum Gasteiger partial charge on any atom is -0.291 e. The molecule has 3 N–H and O–H groups in total. The van der Waals surface area contributed by atoms with E-state index in [2.05, 4.69) is 109 Å². The Kier molecular flexibility index (Phi) is 21.5. The van der Waals surface area contributed by atoms with Gasteiger partial charge in [0.15, 0.2) is 0 Å². The third-order valence-electron chi connectivity index (χ3n) is 7.40. The molecule has 55 heavy (non-hydrogen) atoms. The van der Waals surface area contributed by atoms with Crippen LogP contribution < -0.4 is 0 Å². The van der Waals surface area contributed by atoms with Crippen LogP contribution in [0.4, 0.5) is 39.5 Å². The van der Waals surface area contributed by atoms with Crippen molar-refractivity contribution in [3.63, 3.8) is 0 Å². The maximum atomic E-state index is 10.7. The van der Waals surface area contributed by atoms with E-state index in [1.807, 2.05) is 0 Å². The molecule has 2 aromatic rings. The van der Waals surface area contributed by atoms with Gasteiger partial charge in [0.25, 0.3) is 0 Å². The van der Waals surface area contributed by atoms with Crippen LogP contribution in [-0.2, 0) is 69.3 Å². The van der Waals surface area contributed by atoms with E-state index >= 15 is 0 Å². The predicted molar refractivity (Wildman–Crippen MR) is 189 cm³/mol. The third-order valence-corrected chi connectivity index (χ3v) is 15.5. The molecular formula is C27H32Br2ClF9N2O9S3ScSi. The van der Waals surface area contributed by atoms with E-state index in [0.29, 0.717) is 12.1 Å². The fourth-order valence-electron chi connectivity index (χ4n) is 5.04. The average molecular weight is 1060 g/mol. The van der Waals surface area contributed by atoms with Gasteiger partial charge in [0, 0.05) is 66.0 Å². The SMILES string of the molecule is C/C=C\C[Si]1(Cl)N(Cc2ccc(Br)cc2)[C@@H]2CCCC[C@H]2N1Cc1ccc(Br)cc1.O=S(=O)(O)C(F)(F)F.O=S(=O)(O)C(F)(F)F.O=S(=O)(O)C(F)(F)F.[Sc]. The molecular weight excluding hydrogens is 1030 g/mol. The van der Waals surface area contributed by atoms with Crippen molar-refractivity contribution in [3.05, 3.63) is 80.8 Å². The van der Waals surface area contributed by atoms with Gasteiger partial charge in [0.2, 0.25) is 0 Å².